The van der Waals surface area contributed by atoms with E-state index >= 15 is 0 Å². The topological polar surface area (TPSA) is 72.9 Å². The van der Waals surface area contributed by atoms with Crippen LogP contribution in [-0.2, 0) is 0 Å². The van der Waals surface area contributed by atoms with Crippen molar-refractivity contribution in [3.8, 4) is 5.69 Å². The second kappa shape index (κ2) is 5.77. The molecule has 0 aliphatic carbocycles. The van der Waals surface area contributed by atoms with Crippen LogP contribution in [0.15, 0.2) is 54.9 Å². The highest BCUT2D eigenvalue weighted by Gasteiger charge is 2.09. The van der Waals surface area contributed by atoms with Crippen molar-refractivity contribution in [1.82, 2.24) is 29.6 Å². The molecule has 0 fully saturated rings. The lowest BCUT2D eigenvalue weighted by atomic mass is 10.1. The van der Waals surface area contributed by atoms with Gasteiger partial charge in [0.2, 0.25) is 0 Å². The number of nitrogens with one attached hydrogen (secondary N) is 1. The van der Waals surface area contributed by atoms with E-state index in [1.165, 1.54) is 0 Å². The molecule has 120 valence electrons. The summed E-state index contributed by atoms with van der Waals surface area (Å²) in [6.45, 7) is 3.99. The highest BCUT2D eigenvalue weighted by Crippen LogP contribution is 2.20. The summed E-state index contributed by atoms with van der Waals surface area (Å²) < 4.78 is 3.58. The van der Waals surface area contributed by atoms with Crippen molar-refractivity contribution in [2.24, 2.45) is 0 Å². The third-order valence-electron chi connectivity index (χ3n) is 3.92. The van der Waals surface area contributed by atoms with E-state index < -0.39 is 0 Å². The van der Waals surface area contributed by atoms with Crippen LogP contribution in [0.25, 0.3) is 11.3 Å². The van der Waals surface area contributed by atoms with Gasteiger partial charge in [0.15, 0.2) is 11.5 Å². The highest BCUT2D eigenvalue weighted by atomic mass is 15.4. The lowest BCUT2D eigenvalue weighted by Crippen LogP contribution is -2.10. The molecule has 0 unspecified atom stereocenters. The first-order valence-electron chi connectivity index (χ1n) is 7.76. The fourth-order valence-electron chi connectivity index (χ4n) is 2.64. The van der Waals surface area contributed by atoms with Crippen molar-refractivity contribution in [2.45, 2.75) is 19.9 Å². The summed E-state index contributed by atoms with van der Waals surface area (Å²) in [7, 11) is 0. The van der Waals surface area contributed by atoms with Crippen molar-refractivity contribution in [2.75, 3.05) is 5.32 Å². The van der Waals surface area contributed by atoms with Gasteiger partial charge in [-0.25, -0.2) is 4.68 Å². The minimum absolute atomic E-state index is 0.0993. The van der Waals surface area contributed by atoms with Gasteiger partial charge in [-0.05, 0) is 49.7 Å². The van der Waals surface area contributed by atoms with Gasteiger partial charge < -0.3 is 5.32 Å². The standard InChI is InChI=1S/C17H17N7/c1-12(14-5-3-6-15(11-14)23-10-4-9-18-23)19-16-7-8-17-21-20-13(2)24(17)22-16/h3-12H,1-2H3,(H,19,22)/t12-/m0/s1. The molecule has 0 saturated heterocycles. The van der Waals surface area contributed by atoms with Crippen LogP contribution in [0.5, 0.6) is 0 Å². The Kier molecular flexibility index (Phi) is 3.45. The van der Waals surface area contributed by atoms with Crippen LogP contribution >= 0.6 is 0 Å². The van der Waals surface area contributed by atoms with E-state index in [0.29, 0.717) is 0 Å². The van der Waals surface area contributed by atoms with Gasteiger partial charge in [0.25, 0.3) is 0 Å². The summed E-state index contributed by atoms with van der Waals surface area (Å²) in [5.74, 6) is 1.55. The van der Waals surface area contributed by atoms with E-state index in [1.807, 2.05) is 48.1 Å². The van der Waals surface area contributed by atoms with Crippen molar-refractivity contribution in [1.29, 1.82) is 0 Å². The Labute approximate surface area is 139 Å². The Morgan fingerprint density at radius 1 is 1.08 bits per heavy atom. The second-order valence-corrected chi connectivity index (χ2v) is 5.65. The Balaban J connectivity index is 1.60. The van der Waals surface area contributed by atoms with Crippen LogP contribution in [0, 0.1) is 6.92 Å². The zero-order valence-corrected chi connectivity index (χ0v) is 13.5. The molecule has 0 bridgehead atoms. The van der Waals surface area contributed by atoms with E-state index in [4.69, 9.17) is 0 Å². The quantitative estimate of drug-likeness (QED) is 0.626. The lowest BCUT2D eigenvalue weighted by molar-refractivity contribution is 0.823. The maximum absolute atomic E-state index is 4.54. The first-order chi connectivity index (χ1) is 11.7. The monoisotopic (exact) mass is 319 g/mol. The number of benzene rings is 1. The molecule has 7 nitrogen and oxygen atoms in total. The van der Waals surface area contributed by atoms with E-state index in [0.717, 1.165) is 28.5 Å². The second-order valence-electron chi connectivity index (χ2n) is 5.65. The molecule has 0 radical (unpaired) electrons. The lowest BCUT2D eigenvalue weighted by Gasteiger charge is -2.16. The summed E-state index contributed by atoms with van der Waals surface area (Å²) >= 11 is 0. The van der Waals surface area contributed by atoms with E-state index in [-0.39, 0.29) is 6.04 Å². The summed E-state index contributed by atoms with van der Waals surface area (Å²) in [6.07, 6.45) is 3.70. The maximum Gasteiger partial charge on any atom is 0.178 e. The average Bonchev–Trinajstić information content (AvgIpc) is 3.26. The van der Waals surface area contributed by atoms with Gasteiger partial charge in [-0.3, -0.25) is 0 Å². The SMILES string of the molecule is Cc1nnc2ccc(N[C@@H](C)c3cccc(-n4cccn4)c3)nn12. The van der Waals surface area contributed by atoms with Crippen LogP contribution in [0.1, 0.15) is 24.4 Å². The van der Waals surface area contributed by atoms with Gasteiger partial charge in [0.1, 0.15) is 5.82 Å². The van der Waals surface area contributed by atoms with Gasteiger partial charge in [-0.1, -0.05) is 12.1 Å². The third-order valence-corrected chi connectivity index (χ3v) is 3.92. The number of fused-ring (bicyclic) bond motifs is 1. The first-order valence-corrected chi connectivity index (χ1v) is 7.76. The smallest absolute Gasteiger partial charge is 0.178 e. The Hall–Kier alpha value is -3.22. The molecule has 0 aliphatic rings. The maximum atomic E-state index is 4.54. The summed E-state index contributed by atoms with van der Waals surface area (Å²) in [4.78, 5) is 0. The highest BCUT2D eigenvalue weighted by molar-refractivity contribution is 5.46. The number of nitrogens with zero attached hydrogens (tertiary/aromatic N) is 6. The largest absolute Gasteiger partial charge is 0.362 e. The Morgan fingerprint density at radius 2 is 2.00 bits per heavy atom. The molecule has 1 N–H and O–H groups in total. The Morgan fingerprint density at radius 3 is 2.83 bits per heavy atom. The summed E-state index contributed by atoms with van der Waals surface area (Å²) in [5, 5.41) is 20.3. The average molecular weight is 319 g/mol. The zero-order chi connectivity index (χ0) is 16.5. The number of hydrogen-bond donors (Lipinski definition) is 1. The van der Waals surface area contributed by atoms with Crippen molar-refractivity contribution in [3.63, 3.8) is 0 Å². The van der Waals surface area contributed by atoms with E-state index in [9.17, 15) is 0 Å². The molecule has 0 aliphatic heterocycles. The minimum Gasteiger partial charge on any atom is -0.362 e. The van der Waals surface area contributed by atoms with Crippen LogP contribution in [0.3, 0.4) is 0 Å². The molecule has 7 heteroatoms. The molecule has 24 heavy (non-hydrogen) atoms. The zero-order valence-electron chi connectivity index (χ0n) is 13.5. The van der Waals surface area contributed by atoms with E-state index in [2.05, 4.69) is 44.8 Å². The number of rotatable bonds is 4. The third kappa shape index (κ3) is 2.60. The van der Waals surface area contributed by atoms with Gasteiger partial charge >= 0.3 is 0 Å². The predicted molar refractivity (Wildman–Crippen MR) is 91.1 cm³/mol. The molecule has 4 aromatic rings. The molecule has 4 rings (SSSR count). The van der Waals surface area contributed by atoms with Crippen LogP contribution in [0.4, 0.5) is 5.82 Å². The molecule has 1 atom stereocenters. The minimum atomic E-state index is 0.0993. The number of aromatic nitrogens is 6. The molecule has 1 aromatic carbocycles. The van der Waals surface area contributed by atoms with Gasteiger partial charge in [-0.15, -0.1) is 15.3 Å². The molecular weight excluding hydrogens is 302 g/mol. The number of anilines is 1. The molecule has 3 heterocycles. The molecule has 0 saturated carbocycles. The van der Waals surface area contributed by atoms with Crippen molar-refractivity contribution < 1.29 is 0 Å². The molecule has 0 amide bonds. The van der Waals surface area contributed by atoms with Crippen LogP contribution < -0.4 is 5.32 Å². The number of hydrogen-bond acceptors (Lipinski definition) is 5. The summed E-state index contributed by atoms with van der Waals surface area (Å²) in [6, 6.07) is 14.1. The normalized spacial score (nSPS) is 12.4. The fraction of sp³-hybridized carbons (Fsp3) is 0.176. The van der Waals surface area contributed by atoms with E-state index in [1.54, 1.807) is 10.7 Å². The van der Waals surface area contributed by atoms with Crippen molar-refractivity contribution >= 4 is 11.5 Å². The van der Waals surface area contributed by atoms with Crippen LogP contribution in [0.2, 0.25) is 0 Å². The van der Waals surface area contributed by atoms with Gasteiger partial charge in [0.05, 0.1) is 11.7 Å². The fourth-order valence-corrected chi connectivity index (χ4v) is 2.64. The molecule has 0 spiro atoms. The van der Waals surface area contributed by atoms with Gasteiger partial charge in [0, 0.05) is 12.4 Å². The molecule has 3 aromatic heterocycles. The predicted octanol–water partition coefficient (Wildman–Crippen LogP) is 2.79. The summed E-state index contributed by atoms with van der Waals surface area (Å²) in [5.41, 5.74) is 2.93. The molecular formula is C17H17N7. The van der Waals surface area contributed by atoms with Crippen LogP contribution in [-0.4, -0.2) is 29.6 Å². The van der Waals surface area contributed by atoms with Gasteiger partial charge in [-0.2, -0.15) is 9.61 Å². The van der Waals surface area contributed by atoms with Crippen molar-refractivity contribution in [3.05, 3.63) is 66.2 Å². The first kappa shape index (κ1) is 14.4. The number of aryl methyl sites for hydroxylation is 1. The Bertz CT molecular complexity index is 972.